The second-order valence-electron chi connectivity index (χ2n) is 9.58. The summed E-state index contributed by atoms with van der Waals surface area (Å²) in [4.78, 5) is 11.9. The van der Waals surface area contributed by atoms with E-state index in [4.69, 9.17) is 14.2 Å². The van der Waals surface area contributed by atoms with E-state index in [0.717, 1.165) is 11.3 Å². The van der Waals surface area contributed by atoms with Gasteiger partial charge in [-0.1, -0.05) is 37.3 Å². The van der Waals surface area contributed by atoms with Gasteiger partial charge in [0.2, 0.25) is 0 Å². The molecule has 186 valence electrons. The molecule has 2 aromatic rings. The summed E-state index contributed by atoms with van der Waals surface area (Å²) in [7, 11) is 1.26. The fourth-order valence-electron chi connectivity index (χ4n) is 5.01. The van der Waals surface area contributed by atoms with Crippen molar-refractivity contribution in [2.75, 3.05) is 26.1 Å². The van der Waals surface area contributed by atoms with Gasteiger partial charge in [0.05, 0.1) is 21.3 Å². The first-order chi connectivity index (χ1) is 16.1. The highest BCUT2D eigenvalue weighted by Crippen LogP contribution is 2.47. The van der Waals surface area contributed by atoms with Crippen LogP contribution in [0.2, 0.25) is 18.6 Å². The van der Waals surface area contributed by atoms with E-state index in [0.29, 0.717) is 17.9 Å². The lowest BCUT2D eigenvalue weighted by atomic mass is 9.86. The molecule has 0 aromatic heterocycles. The minimum atomic E-state index is -2.08. The van der Waals surface area contributed by atoms with Crippen molar-refractivity contribution < 1.29 is 29.2 Å². The molecule has 7 nitrogen and oxygen atoms in total. The number of carbonyl (C=O) groups is 1. The summed E-state index contributed by atoms with van der Waals surface area (Å²) in [6.07, 6.45) is -0.849. The predicted molar refractivity (Wildman–Crippen MR) is 136 cm³/mol. The Morgan fingerprint density at radius 1 is 1.18 bits per heavy atom. The van der Waals surface area contributed by atoms with E-state index in [2.05, 4.69) is 37.5 Å². The monoisotopic (exact) mass is 487 g/mol. The topological polar surface area (TPSA) is 97.2 Å². The van der Waals surface area contributed by atoms with Crippen LogP contribution in [0.3, 0.4) is 0 Å². The fraction of sp³-hybridized carbons (Fsp3) is 0.500. The van der Waals surface area contributed by atoms with Gasteiger partial charge in [0.15, 0.2) is 0 Å². The Hall–Kier alpha value is -2.39. The van der Waals surface area contributed by atoms with Crippen molar-refractivity contribution in [1.82, 2.24) is 0 Å². The maximum absolute atomic E-state index is 11.9. The molecule has 1 aliphatic heterocycles. The van der Waals surface area contributed by atoms with Gasteiger partial charge in [-0.3, -0.25) is 4.79 Å². The van der Waals surface area contributed by atoms with Gasteiger partial charge >= 0.3 is 0 Å². The Morgan fingerprint density at radius 3 is 2.41 bits per heavy atom. The second-order valence-corrected chi connectivity index (χ2v) is 14.3. The first-order valence-electron chi connectivity index (χ1n) is 11.7. The smallest absolute Gasteiger partial charge is 0.252 e. The lowest BCUT2D eigenvalue weighted by Gasteiger charge is -2.45. The van der Waals surface area contributed by atoms with Gasteiger partial charge in [-0.15, -0.1) is 0 Å². The quantitative estimate of drug-likeness (QED) is 0.469. The summed E-state index contributed by atoms with van der Waals surface area (Å²) in [5, 5.41) is 23.5. The summed E-state index contributed by atoms with van der Waals surface area (Å²) < 4.78 is 17.9. The molecular formula is C26H37NO6Si. The number of hydrogen-bond acceptors (Lipinski definition) is 6. The molecule has 34 heavy (non-hydrogen) atoms. The van der Waals surface area contributed by atoms with Crippen LogP contribution in [-0.2, 0) is 9.53 Å². The van der Waals surface area contributed by atoms with Crippen molar-refractivity contribution >= 4 is 24.9 Å². The van der Waals surface area contributed by atoms with Gasteiger partial charge in [0.25, 0.3) is 5.91 Å². The molecule has 1 aliphatic rings. The van der Waals surface area contributed by atoms with Gasteiger partial charge in [-0.25, -0.2) is 0 Å². The van der Waals surface area contributed by atoms with E-state index >= 15 is 0 Å². The van der Waals surface area contributed by atoms with E-state index in [1.807, 2.05) is 24.3 Å². The fourth-order valence-corrected chi connectivity index (χ4v) is 8.51. The van der Waals surface area contributed by atoms with Crippen LogP contribution in [0.4, 0.5) is 5.69 Å². The van der Waals surface area contributed by atoms with E-state index in [1.165, 1.54) is 12.1 Å². The van der Waals surface area contributed by atoms with E-state index in [-0.39, 0.29) is 30.3 Å². The minimum Gasteiger partial charge on any atom is -0.497 e. The molecule has 1 heterocycles. The molecular weight excluding hydrogens is 450 g/mol. The lowest BCUT2D eigenvalue weighted by Crippen LogP contribution is -2.54. The number of carbonyl (C=O) groups excluding carboxylic acids is 1. The SMILES string of the molecule is COc1ccc([Si](C)(C)C(CCO)[C@@H]2Oc3ccc(NC(=O)[C@H](C)O)cc3[C@H](OC)[C@H]2C)cc1. The minimum absolute atomic E-state index is 0.0155. The van der Waals surface area contributed by atoms with Gasteiger partial charge in [0, 0.05) is 30.9 Å². The highest BCUT2D eigenvalue weighted by atomic mass is 28.3. The van der Waals surface area contributed by atoms with Crippen molar-refractivity contribution in [3.63, 3.8) is 0 Å². The van der Waals surface area contributed by atoms with Crippen molar-refractivity contribution in [2.24, 2.45) is 5.92 Å². The summed E-state index contributed by atoms with van der Waals surface area (Å²) in [5.74, 6) is 1.09. The second kappa shape index (κ2) is 10.9. The summed E-state index contributed by atoms with van der Waals surface area (Å²) in [6.45, 7) is 8.26. The number of amides is 1. The van der Waals surface area contributed by atoms with Crippen LogP contribution in [0, 0.1) is 5.92 Å². The zero-order valence-electron chi connectivity index (χ0n) is 20.9. The van der Waals surface area contributed by atoms with Crippen LogP contribution in [0.15, 0.2) is 42.5 Å². The molecule has 3 N–H and O–H groups in total. The Labute approximate surface area is 203 Å². The number of nitrogens with one attached hydrogen (secondary N) is 1. The Bertz CT molecular complexity index is 978. The average Bonchev–Trinajstić information content (AvgIpc) is 2.82. The summed E-state index contributed by atoms with van der Waals surface area (Å²) in [5.41, 5.74) is 1.59. The molecule has 1 amide bonds. The lowest BCUT2D eigenvalue weighted by molar-refractivity contribution is -0.123. The largest absolute Gasteiger partial charge is 0.497 e. The van der Waals surface area contributed by atoms with Crippen LogP contribution in [0.25, 0.3) is 0 Å². The number of hydrogen-bond donors (Lipinski definition) is 3. The number of fused-ring (bicyclic) bond motifs is 1. The maximum atomic E-state index is 11.9. The normalized spacial score (nSPS) is 21.7. The number of aliphatic hydroxyl groups excluding tert-OH is 2. The van der Waals surface area contributed by atoms with E-state index in [9.17, 15) is 15.0 Å². The molecule has 1 unspecified atom stereocenters. The van der Waals surface area contributed by atoms with Crippen LogP contribution in [0.1, 0.15) is 31.9 Å². The zero-order chi connectivity index (χ0) is 25.0. The van der Waals surface area contributed by atoms with Crippen molar-refractivity contribution in [3.8, 4) is 11.5 Å². The number of aliphatic hydroxyl groups is 2. The molecule has 5 atom stereocenters. The Kier molecular flexibility index (Phi) is 8.41. The Balaban J connectivity index is 1.96. The number of benzene rings is 2. The third-order valence-corrected chi connectivity index (χ3v) is 11.4. The summed E-state index contributed by atoms with van der Waals surface area (Å²) in [6, 6.07) is 13.7. The first kappa shape index (κ1) is 26.2. The standard InChI is InChI=1S/C26H37NO6Si/c1-16-24(32-4)21-15-18(27-26(30)17(2)29)7-12-22(21)33-25(16)23(13-14-28)34(5,6)20-10-8-19(31-3)9-11-20/h7-12,15-17,23-25,28-29H,13-14H2,1-6H3,(H,27,30)/t16-,17+,23?,24-,25-/m1/s1. The van der Waals surface area contributed by atoms with Crippen molar-refractivity contribution in [1.29, 1.82) is 0 Å². The summed E-state index contributed by atoms with van der Waals surface area (Å²) >= 11 is 0. The Morgan fingerprint density at radius 2 is 1.85 bits per heavy atom. The molecule has 0 fully saturated rings. The van der Waals surface area contributed by atoms with Gasteiger partial charge in [0.1, 0.15) is 23.7 Å². The highest BCUT2D eigenvalue weighted by molar-refractivity contribution is 6.91. The van der Waals surface area contributed by atoms with Crippen molar-refractivity contribution in [3.05, 3.63) is 48.0 Å². The van der Waals surface area contributed by atoms with E-state index < -0.39 is 20.1 Å². The third kappa shape index (κ3) is 5.30. The average molecular weight is 488 g/mol. The molecule has 0 bridgehead atoms. The zero-order valence-corrected chi connectivity index (χ0v) is 21.9. The van der Waals surface area contributed by atoms with Crippen LogP contribution < -0.4 is 20.0 Å². The third-order valence-electron chi connectivity index (χ3n) is 7.07. The van der Waals surface area contributed by atoms with Crippen LogP contribution in [-0.4, -0.2) is 57.2 Å². The molecule has 0 aliphatic carbocycles. The first-order valence-corrected chi connectivity index (χ1v) is 14.8. The number of rotatable bonds is 9. The molecule has 8 heteroatoms. The molecule has 2 aromatic carbocycles. The predicted octanol–water partition coefficient (Wildman–Crippen LogP) is 3.47. The molecule has 0 saturated carbocycles. The number of anilines is 1. The molecule has 0 spiro atoms. The van der Waals surface area contributed by atoms with Gasteiger partial charge in [-0.2, -0.15) is 0 Å². The maximum Gasteiger partial charge on any atom is 0.252 e. The molecule has 0 radical (unpaired) electrons. The van der Waals surface area contributed by atoms with Crippen molar-refractivity contribution in [2.45, 2.75) is 57.2 Å². The highest BCUT2D eigenvalue weighted by Gasteiger charge is 2.46. The van der Waals surface area contributed by atoms with Crippen LogP contribution >= 0.6 is 0 Å². The number of ether oxygens (including phenoxy) is 3. The molecule has 0 saturated heterocycles. The van der Waals surface area contributed by atoms with E-state index in [1.54, 1.807) is 20.3 Å². The van der Waals surface area contributed by atoms with Crippen LogP contribution in [0.5, 0.6) is 11.5 Å². The number of methoxy groups -OCH3 is 2. The van der Waals surface area contributed by atoms with Gasteiger partial charge < -0.3 is 29.7 Å². The molecule has 3 rings (SSSR count). The van der Waals surface area contributed by atoms with Gasteiger partial charge in [-0.05, 0) is 49.2 Å².